The van der Waals surface area contributed by atoms with Gasteiger partial charge in [0.05, 0.1) is 28.4 Å². The number of methoxy groups -OCH3 is 1. The van der Waals surface area contributed by atoms with Crippen molar-refractivity contribution in [2.75, 3.05) is 17.7 Å². The molecule has 138 valence electrons. The third-order valence-corrected chi connectivity index (χ3v) is 4.11. The highest BCUT2D eigenvalue weighted by molar-refractivity contribution is 6.33. The zero-order chi connectivity index (χ0) is 19.4. The van der Waals surface area contributed by atoms with E-state index in [1.807, 2.05) is 0 Å². The molecule has 0 fully saturated rings. The van der Waals surface area contributed by atoms with Gasteiger partial charge in [0.2, 0.25) is 11.6 Å². The van der Waals surface area contributed by atoms with Gasteiger partial charge in [0, 0.05) is 5.02 Å². The lowest BCUT2D eigenvalue weighted by Crippen LogP contribution is -2.06. The van der Waals surface area contributed by atoms with Gasteiger partial charge in [-0.15, -0.1) is 0 Å². The average Bonchev–Trinajstić information content (AvgIpc) is 2.64. The van der Waals surface area contributed by atoms with E-state index in [9.17, 15) is 10.1 Å². The van der Waals surface area contributed by atoms with Crippen molar-refractivity contribution < 1.29 is 9.66 Å². The Balaban J connectivity index is 2.03. The van der Waals surface area contributed by atoms with Gasteiger partial charge in [-0.25, -0.2) is 9.97 Å². The van der Waals surface area contributed by atoms with Crippen LogP contribution in [0.15, 0.2) is 48.8 Å². The molecule has 0 saturated heterocycles. The summed E-state index contributed by atoms with van der Waals surface area (Å²) in [5.41, 5.74) is 0.558. The minimum Gasteiger partial charge on any atom is -0.495 e. The molecule has 2 N–H and O–H groups in total. The van der Waals surface area contributed by atoms with Gasteiger partial charge in [-0.05, 0) is 30.3 Å². The second-order valence-electron chi connectivity index (χ2n) is 5.25. The van der Waals surface area contributed by atoms with Crippen LogP contribution >= 0.6 is 23.2 Å². The summed E-state index contributed by atoms with van der Waals surface area (Å²) in [5, 5.41) is 18.3. The number of para-hydroxylation sites is 1. The van der Waals surface area contributed by atoms with Gasteiger partial charge in [0.25, 0.3) is 0 Å². The number of hydrogen-bond acceptors (Lipinski definition) is 7. The molecule has 0 aliphatic heterocycles. The molecule has 8 nitrogen and oxygen atoms in total. The summed E-state index contributed by atoms with van der Waals surface area (Å²) in [4.78, 5) is 19.1. The minimum atomic E-state index is -0.585. The number of rotatable bonds is 6. The van der Waals surface area contributed by atoms with E-state index in [1.165, 1.54) is 13.4 Å². The summed E-state index contributed by atoms with van der Waals surface area (Å²) < 4.78 is 5.25. The third kappa shape index (κ3) is 4.18. The van der Waals surface area contributed by atoms with Crippen molar-refractivity contribution in [1.82, 2.24) is 9.97 Å². The Hall–Kier alpha value is -3.10. The second-order valence-corrected chi connectivity index (χ2v) is 6.09. The van der Waals surface area contributed by atoms with Crippen LogP contribution in [0.2, 0.25) is 10.0 Å². The fourth-order valence-corrected chi connectivity index (χ4v) is 2.69. The first-order valence-corrected chi connectivity index (χ1v) is 8.36. The Morgan fingerprint density at radius 1 is 1.04 bits per heavy atom. The van der Waals surface area contributed by atoms with Crippen molar-refractivity contribution in [1.29, 1.82) is 0 Å². The maximum atomic E-state index is 11.7. The highest BCUT2D eigenvalue weighted by atomic mass is 35.5. The van der Waals surface area contributed by atoms with E-state index in [1.54, 1.807) is 42.5 Å². The highest BCUT2D eigenvalue weighted by Crippen LogP contribution is 2.37. The lowest BCUT2D eigenvalue weighted by atomic mass is 10.2. The quantitative estimate of drug-likeness (QED) is 0.429. The molecule has 0 amide bonds. The van der Waals surface area contributed by atoms with Gasteiger partial charge in [-0.1, -0.05) is 35.3 Å². The number of hydrogen-bond donors (Lipinski definition) is 2. The van der Waals surface area contributed by atoms with Crippen LogP contribution in [0.5, 0.6) is 5.75 Å². The maximum Gasteiger partial charge on any atom is 0.353 e. The predicted octanol–water partition coefficient (Wildman–Crippen LogP) is 5.19. The van der Waals surface area contributed by atoms with Crippen LogP contribution in [0.4, 0.5) is 28.7 Å². The molecule has 0 aliphatic carbocycles. The van der Waals surface area contributed by atoms with Crippen LogP contribution in [-0.2, 0) is 0 Å². The third-order valence-electron chi connectivity index (χ3n) is 3.55. The van der Waals surface area contributed by atoms with E-state index in [0.29, 0.717) is 27.2 Å². The van der Waals surface area contributed by atoms with E-state index < -0.39 is 4.92 Å². The summed E-state index contributed by atoms with van der Waals surface area (Å²) in [6.07, 6.45) is 1.20. The zero-order valence-electron chi connectivity index (χ0n) is 13.9. The number of halogens is 2. The molecule has 0 saturated carbocycles. The van der Waals surface area contributed by atoms with Crippen LogP contribution in [0, 0.1) is 10.1 Å². The average molecular weight is 406 g/mol. The molecular weight excluding hydrogens is 393 g/mol. The molecule has 1 aromatic heterocycles. The van der Waals surface area contributed by atoms with Gasteiger partial charge < -0.3 is 15.4 Å². The van der Waals surface area contributed by atoms with Crippen molar-refractivity contribution in [3.05, 3.63) is 69.0 Å². The van der Waals surface area contributed by atoms with Crippen LogP contribution in [0.3, 0.4) is 0 Å². The van der Waals surface area contributed by atoms with E-state index >= 15 is 0 Å². The Kier molecular flexibility index (Phi) is 5.58. The van der Waals surface area contributed by atoms with Crippen molar-refractivity contribution in [2.24, 2.45) is 0 Å². The molecule has 0 radical (unpaired) electrons. The molecule has 27 heavy (non-hydrogen) atoms. The molecule has 2 aromatic carbocycles. The van der Waals surface area contributed by atoms with Crippen LogP contribution in [-0.4, -0.2) is 22.0 Å². The topological polar surface area (TPSA) is 102 Å². The molecule has 0 spiro atoms. The summed E-state index contributed by atoms with van der Waals surface area (Å²) >= 11 is 12.1. The Morgan fingerprint density at radius 3 is 2.33 bits per heavy atom. The number of aromatic nitrogens is 2. The number of ether oxygens (including phenoxy) is 1. The smallest absolute Gasteiger partial charge is 0.353 e. The lowest BCUT2D eigenvalue weighted by Gasteiger charge is -2.13. The highest BCUT2D eigenvalue weighted by Gasteiger charge is 2.24. The molecule has 3 rings (SSSR count). The van der Waals surface area contributed by atoms with Crippen LogP contribution < -0.4 is 15.4 Å². The van der Waals surface area contributed by atoms with Crippen molar-refractivity contribution in [3.8, 4) is 5.75 Å². The van der Waals surface area contributed by atoms with E-state index in [-0.39, 0.29) is 17.3 Å². The monoisotopic (exact) mass is 405 g/mol. The number of anilines is 4. The zero-order valence-corrected chi connectivity index (χ0v) is 15.5. The number of nitro groups is 1. The van der Waals surface area contributed by atoms with Crippen LogP contribution in [0.1, 0.15) is 0 Å². The first-order chi connectivity index (χ1) is 13.0. The van der Waals surface area contributed by atoms with Gasteiger partial charge in [0.1, 0.15) is 12.1 Å². The molecular formula is C17H13Cl2N5O3. The van der Waals surface area contributed by atoms with Crippen molar-refractivity contribution in [3.63, 3.8) is 0 Å². The van der Waals surface area contributed by atoms with E-state index in [4.69, 9.17) is 27.9 Å². The molecule has 3 aromatic rings. The molecule has 0 atom stereocenters. The Morgan fingerprint density at radius 2 is 1.70 bits per heavy atom. The summed E-state index contributed by atoms with van der Waals surface area (Å²) in [7, 11) is 1.48. The molecule has 10 heteroatoms. The fraction of sp³-hybridized carbons (Fsp3) is 0.0588. The normalized spacial score (nSPS) is 10.3. The van der Waals surface area contributed by atoms with Crippen LogP contribution in [0.25, 0.3) is 0 Å². The van der Waals surface area contributed by atoms with Gasteiger partial charge in [0.15, 0.2) is 0 Å². The first kappa shape index (κ1) is 18.7. The van der Waals surface area contributed by atoms with Gasteiger partial charge in [-0.2, -0.15) is 0 Å². The number of nitrogens with zero attached hydrogens (tertiary/aromatic N) is 3. The SMILES string of the molecule is COc1ccc(Cl)cc1Nc1ncnc(Nc2ccccc2Cl)c1[N+](=O)[O-]. The van der Waals surface area contributed by atoms with Crippen molar-refractivity contribution >= 4 is 51.9 Å². The molecule has 0 aliphatic rings. The molecule has 1 heterocycles. The van der Waals surface area contributed by atoms with E-state index in [0.717, 1.165) is 0 Å². The molecule has 0 unspecified atom stereocenters. The first-order valence-electron chi connectivity index (χ1n) is 7.61. The minimum absolute atomic E-state index is 0.00778. The standard InChI is InChI=1S/C17H13Cl2N5O3/c1-27-14-7-6-10(18)8-13(14)23-17-15(24(25)26)16(20-9-21-17)22-12-5-3-2-4-11(12)19/h2-9H,1H3,(H2,20,21,22,23). The van der Waals surface area contributed by atoms with Gasteiger partial charge >= 0.3 is 5.69 Å². The summed E-state index contributed by atoms with van der Waals surface area (Å²) in [6.45, 7) is 0. The fourth-order valence-electron chi connectivity index (χ4n) is 2.33. The Bertz CT molecular complexity index is 1000. The summed E-state index contributed by atoms with van der Waals surface area (Å²) in [6, 6.07) is 11.7. The maximum absolute atomic E-state index is 11.7. The second kappa shape index (κ2) is 8.07. The van der Waals surface area contributed by atoms with Crippen molar-refractivity contribution in [2.45, 2.75) is 0 Å². The number of nitrogens with one attached hydrogen (secondary N) is 2. The predicted molar refractivity (Wildman–Crippen MR) is 105 cm³/mol. The Labute approximate surface area is 164 Å². The van der Waals surface area contributed by atoms with Gasteiger partial charge in [-0.3, -0.25) is 10.1 Å². The molecule has 0 bridgehead atoms. The number of benzene rings is 2. The lowest BCUT2D eigenvalue weighted by molar-refractivity contribution is -0.383. The largest absolute Gasteiger partial charge is 0.495 e. The van der Waals surface area contributed by atoms with E-state index in [2.05, 4.69) is 20.6 Å². The summed E-state index contributed by atoms with van der Waals surface area (Å²) in [5.74, 6) is 0.421.